The number of carboxylic acids is 1. The highest BCUT2D eigenvalue weighted by molar-refractivity contribution is 7.90. The third-order valence-electron chi connectivity index (χ3n) is 5.77. The smallest absolute Gasteiger partial charge is 0.303 e. The van der Waals surface area contributed by atoms with E-state index in [9.17, 15) is 23.1 Å². The van der Waals surface area contributed by atoms with Crippen LogP contribution in [0.1, 0.15) is 36.2 Å². The van der Waals surface area contributed by atoms with Crippen molar-refractivity contribution in [2.24, 2.45) is 0 Å². The van der Waals surface area contributed by atoms with Crippen LogP contribution in [0.5, 0.6) is 5.75 Å². The summed E-state index contributed by atoms with van der Waals surface area (Å²) in [5.41, 5.74) is 2.75. The number of hydrogen-bond donors (Lipinski definition) is 1. The predicted molar refractivity (Wildman–Crippen MR) is 134 cm³/mol. The van der Waals surface area contributed by atoms with Crippen LogP contribution in [0.3, 0.4) is 0 Å². The molecule has 7 nitrogen and oxygen atoms in total. The lowest BCUT2D eigenvalue weighted by atomic mass is 10.0. The minimum Gasteiger partial charge on any atom is -0.494 e. The number of Topliss-reactive ketones (excluding diaryl/α,β-unsaturated/α-hetero) is 1. The van der Waals surface area contributed by atoms with Gasteiger partial charge < -0.3 is 9.84 Å². The highest BCUT2D eigenvalue weighted by atomic mass is 32.2. The third-order valence-corrected chi connectivity index (χ3v) is 7.50. The largest absolute Gasteiger partial charge is 0.494 e. The van der Waals surface area contributed by atoms with Gasteiger partial charge in [-0.25, -0.2) is 12.4 Å². The van der Waals surface area contributed by atoms with Crippen LogP contribution in [-0.2, 0) is 21.2 Å². The van der Waals surface area contributed by atoms with Crippen LogP contribution < -0.4 is 4.74 Å². The fraction of sp³-hybridized carbons (Fsp3) is 0.185. The number of aryl methyl sites for hydroxylation is 1. The van der Waals surface area contributed by atoms with Crippen LogP contribution in [0.4, 0.5) is 0 Å². The van der Waals surface area contributed by atoms with Gasteiger partial charge in [-0.2, -0.15) is 0 Å². The number of aromatic nitrogens is 1. The maximum atomic E-state index is 13.9. The first-order valence-corrected chi connectivity index (χ1v) is 12.6. The number of carbonyl (C=O) groups is 2. The van der Waals surface area contributed by atoms with E-state index in [1.165, 1.54) is 17.1 Å². The van der Waals surface area contributed by atoms with Crippen LogP contribution in [-0.4, -0.2) is 35.9 Å². The van der Waals surface area contributed by atoms with Crippen molar-refractivity contribution in [3.63, 3.8) is 0 Å². The Morgan fingerprint density at radius 1 is 1.00 bits per heavy atom. The maximum absolute atomic E-state index is 13.9. The summed E-state index contributed by atoms with van der Waals surface area (Å²) in [6.45, 7) is 3.78. The number of benzene rings is 3. The van der Waals surface area contributed by atoms with Gasteiger partial charge in [0.05, 0.1) is 17.0 Å². The van der Waals surface area contributed by atoms with E-state index >= 15 is 0 Å². The van der Waals surface area contributed by atoms with Gasteiger partial charge in [-0.1, -0.05) is 42.5 Å². The average Bonchev–Trinajstić information content (AvgIpc) is 3.22. The number of rotatable bonds is 9. The highest BCUT2D eigenvalue weighted by Crippen LogP contribution is 2.34. The minimum absolute atomic E-state index is 0.0726. The van der Waals surface area contributed by atoms with Gasteiger partial charge in [0, 0.05) is 29.1 Å². The summed E-state index contributed by atoms with van der Waals surface area (Å²) in [5, 5.41) is 9.80. The van der Waals surface area contributed by atoms with Crippen molar-refractivity contribution in [1.82, 2.24) is 3.97 Å². The van der Waals surface area contributed by atoms with Gasteiger partial charge in [-0.3, -0.25) is 9.59 Å². The molecule has 0 saturated carbocycles. The normalized spacial score (nSPS) is 11.5. The van der Waals surface area contributed by atoms with Crippen molar-refractivity contribution >= 4 is 32.7 Å². The SMILES string of the molecule is CCOc1ccc2c(c1)c(CCC(=O)O)cn2S(=O)(=O)c1ccccc1-c1ccc(C(C)=O)cc1. The lowest BCUT2D eigenvalue weighted by Gasteiger charge is -2.13. The topological polar surface area (TPSA) is 103 Å². The summed E-state index contributed by atoms with van der Waals surface area (Å²) in [4.78, 5) is 22.9. The van der Waals surface area contributed by atoms with E-state index in [0.717, 1.165) is 0 Å². The van der Waals surface area contributed by atoms with Gasteiger partial charge >= 0.3 is 5.97 Å². The fourth-order valence-electron chi connectivity index (χ4n) is 4.06. The molecule has 0 aliphatic rings. The Labute approximate surface area is 203 Å². The fourth-order valence-corrected chi connectivity index (χ4v) is 5.67. The van der Waals surface area contributed by atoms with Crippen molar-refractivity contribution in [1.29, 1.82) is 0 Å². The molecule has 1 aromatic heterocycles. The molecule has 0 aliphatic heterocycles. The molecule has 0 saturated heterocycles. The molecule has 180 valence electrons. The van der Waals surface area contributed by atoms with E-state index < -0.39 is 16.0 Å². The molecule has 4 rings (SSSR count). The van der Waals surface area contributed by atoms with Crippen LogP contribution in [0, 0.1) is 0 Å². The zero-order valence-corrected chi connectivity index (χ0v) is 20.2. The van der Waals surface area contributed by atoms with Gasteiger partial charge in [0.25, 0.3) is 10.0 Å². The Morgan fingerprint density at radius 3 is 2.37 bits per heavy atom. The molecule has 0 radical (unpaired) electrons. The quantitative estimate of drug-likeness (QED) is 0.324. The van der Waals surface area contributed by atoms with E-state index in [1.54, 1.807) is 66.7 Å². The first kappa shape index (κ1) is 24.2. The van der Waals surface area contributed by atoms with Gasteiger partial charge in [0.15, 0.2) is 5.78 Å². The Bertz CT molecular complexity index is 1520. The number of ketones is 1. The van der Waals surface area contributed by atoms with Crippen molar-refractivity contribution in [3.8, 4) is 16.9 Å². The highest BCUT2D eigenvalue weighted by Gasteiger charge is 2.25. The molecule has 0 unspecified atom stereocenters. The summed E-state index contributed by atoms with van der Waals surface area (Å²) >= 11 is 0. The lowest BCUT2D eigenvalue weighted by molar-refractivity contribution is -0.136. The first-order valence-electron chi connectivity index (χ1n) is 11.2. The number of fused-ring (bicyclic) bond motifs is 1. The van der Waals surface area contributed by atoms with Gasteiger partial charge in [0.2, 0.25) is 0 Å². The molecule has 0 amide bonds. The monoisotopic (exact) mass is 491 g/mol. The number of nitrogens with zero attached hydrogens (tertiary/aromatic N) is 1. The Kier molecular flexibility index (Phi) is 6.75. The summed E-state index contributed by atoms with van der Waals surface area (Å²) in [5.74, 6) is -0.455. The second-order valence-corrected chi connectivity index (χ2v) is 9.87. The summed E-state index contributed by atoms with van der Waals surface area (Å²) in [6.07, 6.45) is 1.55. The first-order chi connectivity index (χ1) is 16.7. The van der Waals surface area contributed by atoms with E-state index in [4.69, 9.17) is 4.74 Å². The predicted octanol–water partition coefficient (Wildman–Crippen LogP) is 5.16. The van der Waals surface area contributed by atoms with Crippen LogP contribution in [0.25, 0.3) is 22.0 Å². The Morgan fingerprint density at radius 2 is 1.71 bits per heavy atom. The molecular weight excluding hydrogens is 466 g/mol. The van der Waals surface area contributed by atoms with E-state index in [0.29, 0.717) is 45.5 Å². The molecular formula is C27H25NO6S. The molecule has 1 N–H and O–H groups in total. The molecule has 0 bridgehead atoms. The van der Waals surface area contributed by atoms with Gasteiger partial charge in [-0.05, 0) is 55.7 Å². The summed E-state index contributed by atoms with van der Waals surface area (Å²) in [7, 11) is -4.05. The summed E-state index contributed by atoms with van der Waals surface area (Å²) < 4.78 is 34.7. The third kappa shape index (κ3) is 4.83. The molecule has 0 aliphatic carbocycles. The minimum atomic E-state index is -4.05. The van der Waals surface area contributed by atoms with E-state index in [1.807, 2.05) is 6.92 Å². The maximum Gasteiger partial charge on any atom is 0.303 e. The number of carboxylic acid groups (broad SMARTS) is 1. The zero-order chi connectivity index (χ0) is 25.2. The van der Waals surface area contributed by atoms with Crippen molar-refractivity contribution in [2.45, 2.75) is 31.6 Å². The second-order valence-electron chi connectivity index (χ2n) is 8.09. The molecule has 4 aromatic rings. The molecule has 0 atom stereocenters. The summed E-state index contributed by atoms with van der Waals surface area (Å²) in [6, 6.07) is 18.6. The molecule has 0 fully saturated rings. The van der Waals surface area contributed by atoms with Crippen LogP contribution >= 0.6 is 0 Å². The second kappa shape index (κ2) is 9.76. The molecule has 8 heteroatoms. The Balaban J connectivity index is 1.87. The van der Waals surface area contributed by atoms with E-state index in [-0.39, 0.29) is 23.5 Å². The van der Waals surface area contributed by atoms with Crippen molar-refractivity contribution in [2.75, 3.05) is 6.61 Å². The zero-order valence-electron chi connectivity index (χ0n) is 19.4. The molecule has 1 heterocycles. The molecule has 3 aromatic carbocycles. The lowest BCUT2D eigenvalue weighted by Crippen LogP contribution is -2.13. The number of aliphatic carboxylic acids is 1. The van der Waals surface area contributed by atoms with E-state index in [2.05, 4.69) is 0 Å². The molecule has 0 spiro atoms. The standard InChI is InChI=1S/C27H25NO6S/c1-3-34-22-13-14-25-24(16-22)21(12-15-27(30)31)17-28(25)35(32,33)26-7-5-4-6-23(26)20-10-8-19(9-11-20)18(2)29/h4-11,13-14,16-17H,3,12,15H2,1-2H3,(H,30,31). The number of carbonyl (C=O) groups excluding carboxylic acids is 1. The average molecular weight is 492 g/mol. The van der Waals surface area contributed by atoms with Crippen molar-refractivity contribution in [3.05, 3.63) is 84.1 Å². The van der Waals surface area contributed by atoms with Crippen LogP contribution in [0.2, 0.25) is 0 Å². The number of hydrogen-bond acceptors (Lipinski definition) is 5. The van der Waals surface area contributed by atoms with Crippen LogP contribution in [0.15, 0.2) is 77.8 Å². The van der Waals surface area contributed by atoms with Gasteiger partial charge in [0.1, 0.15) is 5.75 Å². The molecule has 35 heavy (non-hydrogen) atoms. The number of ether oxygens (including phenoxy) is 1. The van der Waals surface area contributed by atoms with Crippen molar-refractivity contribution < 1.29 is 27.9 Å². The Hall–Kier alpha value is -3.91. The van der Waals surface area contributed by atoms with Gasteiger partial charge in [-0.15, -0.1) is 0 Å².